The maximum atomic E-state index is 9.67. The van der Waals surface area contributed by atoms with E-state index in [1.807, 2.05) is 6.92 Å². The number of rotatable bonds is 8. The van der Waals surface area contributed by atoms with Crippen LogP contribution >= 0.6 is 0 Å². The maximum absolute atomic E-state index is 9.67. The van der Waals surface area contributed by atoms with Gasteiger partial charge in [0.05, 0.1) is 13.2 Å². The fourth-order valence-electron chi connectivity index (χ4n) is 1.94. The number of aliphatic hydroxyl groups is 1. The number of nitrogens with one attached hydrogen (secondary N) is 1. The van der Waals surface area contributed by atoms with Crippen LogP contribution in [0, 0.1) is 0 Å². The zero-order valence-corrected chi connectivity index (χ0v) is 12.0. The summed E-state index contributed by atoms with van der Waals surface area (Å²) in [5, 5.41) is 24.5. The molecular formula is C14H23N3O3. The molecule has 1 aromatic rings. The molecule has 0 amide bonds. The SMILES string of the molecule is CCCC(O)CNCc1cc(/C(N)=N/O)ccc1OC. The van der Waals surface area contributed by atoms with Gasteiger partial charge in [0, 0.05) is 24.2 Å². The normalized spacial score (nSPS) is 13.2. The molecule has 0 bridgehead atoms. The lowest BCUT2D eigenvalue weighted by Crippen LogP contribution is -2.26. The first-order chi connectivity index (χ1) is 9.62. The third-order valence-electron chi connectivity index (χ3n) is 3.00. The van der Waals surface area contributed by atoms with Gasteiger partial charge in [0.2, 0.25) is 0 Å². The second-order valence-corrected chi connectivity index (χ2v) is 4.59. The topological polar surface area (TPSA) is 100 Å². The van der Waals surface area contributed by atoms with E-state index in [4.69, 9.17) is 15.7 Å². The van der Waals surface area contributed by atoms with Crippen LogP contribution in [0.5, 0.6) is 5.75 Å². The van der Waals surface area contributed by atoms with Crippen molar-refractivity contribution in [3.05, 3.63) is 29.3 Å². The van der Waals surface area contributed by atoms with Crippen molar-refractivity contribution in [3.8, 4) is 5.75 Å². The van der Waals surface area contributed by atoms with Crippen LogP contribution in [0.2, 0.25) is 0 Å². The molecule has 0 radical (unpaired) electrons. The van der Waals surface area contributed by atoms with Crippen LogP contribution in [-0.4, -0.2) is 35.9 Å². The third kappa shape index (κ3) is 4.71. The fourth-order valence-corrected chi connectivity index (χ4v) is 1.94. The Balaban J connectivity index is 2.71. The van der Waals surface area contributed by atoms with Crippen molar-refractivity contribution in [2.45, 2.75) is 32.4 Å². The molecule has 0 heterocycles. The zero-order valence-electron chi connectivity index (χ0n) is 12.0. The van der Waals surface area contributed by atoms with Gasteiger partial charge in [-0.05, 0) is 24.6 Å². The molecule has 6 heteroatoms. The van der Waals surface area contributed by atoms with E-state index < -0.39 is 0 Å². The zero-order chi connectivity index (χ0) is 15.0. The van der Waals surface area contributed by atoms with Crippen molar-refractivity contribution in [3.63, 3.8) is 0 Å². The number of ether oxygens (including phenoxy) is 1. The Morgan fingerprint density at radius 1 is 1.50 bits per heavy atom. The summed E-state index contributed by atoms with van der Waals surface area (Å²) in [6.07, 6.45) is 1.37. The van der Waals surface area contributed by atoms with Crippen molar-refractivity contribution >= 4 is 5.84 Å². The van der Waals surface area contributed by atoms with Gasteiger partial charge in [-0.3, -0.25) is 0 Å². The van der Waals surface area contributed by atoms with Gasteiger partial charge in [0.1, 0.15) is 5.75 Å². The quantitative estimate of drug-likeness (QED) is 0.247. The Morgan fingerprint density at radius 2 is 2.25 bits per heavy atom. The van der Waals surface area contributed by atoms with Gasteiger partial charge in [0.25, 0.3) is 0 Å². The van der Waals surface area contributed by atoms with E-state index in [1.165, 1.54) is 0 Å². The minimum Gasteiger partial charge on any atom is -0.496 e. The molecule has 0 fully saturated rings. The number of nitrogens with zero attached hydrogens (tertiary/aromatic N) is 1. The minimum atomic E-state index is -0.349. The number of methoxy groups -OCH3 is 1. The molecule has 1 aromatic carbocycles. The van der Waals surface area contributed by atoms with Crippen molar-refractivity contribution in [1.82, 2.24) is 5.32 Å². The van der Waals surface area contributed by atoms with Crippen LogP contribution in [0.15, 0.2) is 23.4 Å². The second kappa shape index (κ2) is 8.39. The summed E-state index contributed by atoms with van der Waals surface area (Å²) in [6, 6.07) is 5.29. The maximum Gasteiger partial charge on any atom is 0.170 e. The molecule has 6 nitrogen and oxygen atoms in total. The van der Waals surface area contributed by atoms with Gasteiger partial charge in [-0.15, -0.1) is 0 Å². The number of amidine groups is 1. The minimum absolute atomic E-state index is 0.0555. The molecule has 0 saturated carbocycles. The van der Waals surface area contributed by atoms with Gasteiger partial charge in [-0.25, -0.2) is 0 Å². The summed E-state index contributed by atoms with van der Waals surface area (Å²) in [7, 11) is 1.59. The first-order valence-corrected chi connectivity index (χ1v) is 6.66. The number of hydrogen-bond donors (Lipinski definition) is 4. The van der Waals surface area contributed by atoms with Gasteiger partial charge in [0.15, 0.2) is 5.84 Å². The Bertz CT molecular complexity index is 449. The van der Waals surface area contributed by atoms with Crippen LogP contribution in [0.3, 0.4) is 0 Å². The van der Waals surface area contributed by atoms with Crippen molar-refractivity contribution in [1.29, 1.82) is 0 Å². The molecule has 0 aromatic heterocycles. The smallest absolute Gasteiger partial charge is 0.170 e. The summed E-state index contributed by atoms with van der Waals surface area (Å²) in [5.41, 5.74) is 7.08. The Labute approximate surface area is 119 Å². The summed E-state index contributed by atoms with van der Waals surface area (Å²) in [5.74, 6) is 0.775. The van der Waals surface area contributed by atoms with Gasteiger partial charge < -0.3 is 26.1 Å². The molecular weight excluding hydrogens is 258 g/mol. The van der Waals surface area contributed by atoms with Crippen LogP contribution in [-0.2, 0) is 6.54 Å². The summed E-state index contributed by atoms with van der Waals surface area (Å²) in [6.45, 7) is 3.09. The molecule has 112 valence electrons. The van der Waals surface area contributed by atoms with Crippen LogP contribution < -0.4 is 15.8 Å². The highest BCUT2D eigenvalue weighted by atomic mass is 16.5. The molecule has 1 rings (SSSR count). The highest BCUT2D eigenvalue weighted by molar-refractivity contribution is 5.97. The van der Waals surface area contributed by atoms with E-state index in [1.54, 1.807) is 25.3 Å². The molecule has 1 unspecified atom stereocenters. The van der Waals surface area contributed by atoms with Gasteiger partial charge in [-0.2, -0.15) is 0 Å². The van der Waals surface area contributed by atoms with Crippen molar-refractivity contribution in [2.24, 2.45) is 10.9 Å². The van der Waals surface area contributed by atoms with Crippen molar-refractivity contribution in [2.75, 3.05) is 13.7 Å². The first-order valence-electron chi connectivity index (χ1n) is 6.66. The molecule has 0 saturated heterocycles. The standard InChI is InChI=1S/C14H23N3O3/c1-3-4-12(18)9-16-8-11-7-10(14(15)17-19)5-6-13(11)20-2/h5-7,12,16,18-19H,3-4,8-9H2,1-2H3,(H2,15,17). The Kier molecular flexibility index (Phi) is 6.83. The number of nitrogens with two attached hydrogens (primary N) is 1. The van der Waals surface area contributed by atoms with E-state index in [-0.39, 0.29) is 11.9 Å². The number of benzene rings is 1. The average Bonchev–Trinajstić information content (AvgIpc) is 2.46. The van der Waals surface area contributed by atoms with Gasteiger partial charge >= 0.3 is 0 Å². The number of hydrogen-bond acceptors (Lipinski definition) is 5. The van der Waals surface area contributed by atoms with Crippen LogP contribution in [0.25, 0.3) is 0 Å². The molecule has 5 N–H and O–H groups in total. The molecule has 0 aliphatic heterocycles. The summed E-state index contributed by atoms with van der Waals surface area (Å²) >= 11 is 0. The fraction of sp³-hybridized carbons (Fsp3) is 0.500. The van der Waals surface area contributed by atoms with E-state index in [2.05, 4.69) is 10.5 Å². The lowest BCUT2D eigenvalue weighted by atomic mass is 10.1. The molecule has 0 aliphatic carbocycles. The second-order valence-electron chi connectivity index (χ2n) is 4.59. The Morgan fingerprint density at radius 3 is 2.85 bits per heavy atom. The van der Waals surface area contributed by atoms with E-state index in [0.717, 1.165) is 24.2 Å². The highest BCUT2D eigenvalue weighted by Crippen LogP contribution is 2.19. The van der Waals surface area contributed by atoms with Crippen LogP contribution in [0.4, 0.5) is 0 Å². The monoisotopic (exact) mass is 281 g/mol. The summed E-state index contributed by atoms with van der Waals surface area (Å²) in [4.78, 5) is 0. The van der Waals surface area contributed by atoms with E-state index >= 15 is 0 Å². The predicted octanol–water partition coefficient (Wildman–Crippen LogP) is 1.04. The van der Waals surface area contributed by atoms with Gasteiger partial charge in [-0.1, -0.05) is 18.5 Å². The molecule has 20 heavy (non-hydrogen) atoms. The average molecular weight is 281 g/mol. The third-order valence-corrected chi connectivity index (χ3v) is 3.00. The number of oxime groups is 1. The first kappa shape index (κ1) is 16.3. The predicted molar refractivity (Wildman–Crippen MR) is 78.1 cm³/mol. The lowest BCUT2D eigenvalue weighted by Gasteiger charge is -2.13. The van der Waals surface area contributed by atoms with E-state index in [9.17, 15) is 5.11 Å². The van der Waals surface area contributed by atoms with Crippen molar-refractivity contribution < 1.29 is 15.1 Å². The molecule has 1 atom stereocenters. The Hall–Kier alpha value is -1.79. The largest absolute Gasteiger partial charge is 0.496 e. The molecule has 0 spiro atoms. The van der Waals surface area contributed by atoms with Crippen LogP contribution in [0.1, 0.15) is 30.9 Å². The molecule has 0 aliphatic rings. The highest BCUT2D eigenvalue weighted by Gasteiger charge is 2.08. The lowest BCUT2D eigenvalue weighted by molar-refractivity contribution is 0.160. The summed E-state index contributed by atoms with van der Waals surface area (Å²) < 4.78 is 5.27. The number of aliphatic hydroxyl groups excluding tert-OH is 1. The van der Waals surface area contributed by atoms with E-state index in [0.29, 0.717) is 18.7 Å².